The van der Waals surface area contributed by atoms with Crippen LogP contribution in [0.15, 0.2) is 76.2 Å². The van der Waals surface area contributed by atoms with E-state index in [1.807, 2.05) is 54.4 Å². The number of likely N-dealkylation sites (tertiary alicyclic amines) is 1. The quantitative estimate of drug-likeness (QED) is 0.0389. The van der Waals surface area contributed by atoms with Crippen LogP contribution in [0.1, 0.15) is 97.2 Å². The highest BCUT2D eigenvalue weighted by Crippen LogP contribution is 2.63. The van der Waals surface area contributed by atoms with E-state index in [4.69, 9.17) is 20.7 Å². The molecule has 2 saturated carbocycles. The third kappa shape index (κ3) is 8.75. The van der Waals surface area contributed by atoms with Crippen LogP contribution in [-0.4, -0.2) is 85.1 Å². The van der Waals surface area contributed by atoms with E-state index in [0.29, 0.717) is 41.9 Å². The number of benzene rings is 1. The first-order valence-electron chi connectivity index (χ1n) is 20.6. The number of nitrogens with two attached hydrogens (primary N) is 1. The summed E-state index contributed by atoms with van der Waals surface area (Å²) < 4.78 is 10.0. The number of allylic oxidation sites excluding steroid dienone is 3. The second-order valence-corrected chi connectivity index (χ2v) is 19.5. The smallest absolute Gasteiger partial charge is 0.299 e. The summed E-state index contributed by atoms with van der Waals surface area (Å²) in [6, 6.07) is 7.87. The van der Waals surface area contributed by atoms with E-state index in [1.165, 1.54) is 11.3 Å². The summed E-state index contributed by atoms with van der Waals surface area (Å²) in [4.78, 5) is 11.1. The van der Waals surface area contributed by atoms with Crippen molar-refractivity contribution in [2.24, 2.45) is 27.0 Å². The van der Waals surface area contributed by atoms with Crippen molar-refractivity contribution in [3.05, 3.63) is 82.5 Å². The van der Waals surface area contributed by atoms with E-state index >= 15 is 0 Å². The van der Waals surface area contributed by atoms with Gasteiger partial charge in [-0.2, -0.15) is 5.10 Å². The van der Waals surface area contributed by atoms with Gasteiger partial charge in [-0.25, -0.2) is 9.98 Å². The highest BCUT2D eigenvalue weighted by molar-refractivity contribution is 7.22. The van der Waals surface area contributed by atoms with E-state index in [2.05, 4.69) is 59.9 Å². The van der Waals surface area contributed by atoms with E-state index in [0.717, 1.165) is 97.2 Å². The zero-order valence-corrected chi connectivity index (χ0v) is 35.7. The van der Waals surface area contributed by atoms with Gasteiger partial charge in [-0.15, -0.1) is 0 Å². The zero-order chi connectivity index (χ0) is 41.5. The monoisotopic (exact) mass is 811 g/mol. The molecule has 4 heterocycles. The molecule has 0 radical (unpaired) electrons. The van der Waals surface area contributed by atoms with Crippen molar-refractivity contribution in [1.29, 1.82) is 5.41 Å². The molecule has 0 spiro atoms. The number of fused-ring (bicyclic) bond motifs is 3. The van der Waals surface area contributed by atoms with Crippen LogP contribution in [0.4, 0.5) is 5.13 Å². The molecule has 58 heavy (non-hydrogen) atoms. The van der Waals surface area contributed by atoms with Gasteiger partial charge in [-0.1, -0.05) is 51.2 Å². The van der Waals surface area contributed by atoms with E-state index in [9.17, 15) is 15.6 Å². The number of aliphatic hydroxyl groups is 3. The third-order valence-electron chi connectivity index (χ3n) is 12.2. The molecule has 3 fully saturated rings. The van der Waals surface area contributed by atoms with Crippen LogP contribution in [0.25, 0.3) is 15.8 Å². The number of hydrogen-bond donors (Lipinski definition) is 7. The Bertz CT molecular complexity index is 2150. The Balaban J connectivity index is 1.12. The summed E-state index contributed by atoms with van der Waals surface area (Å²) in [5, 5.41) is 51.9. The number of piperidine rings is 1. The van der Waals surface area contributed by atoms with Gasteiger partial charge in [0.05, 0.1) is 28.6 Å². The summed E-state index contributed by atoms with van der Waals surface area (Å²) in [7, 11) is 0. The van der Waals surface area contributed by atoms with Crippen molar-refractivity contribution in [3.8, 4) is 0 Å². The molecule has 312 valence electrons. The van der Waals surface area contributed by atoms with Crippen LogP contribution in [-0.2, 0) is 11.3 Å². The molecule has 4 aliphatic rings. The average Bonchev–Trinajstić information content (AvgIpc) is 3.72. The number of rotatable bonds is 13. The molecule has 8 N–H and O–H groups in total. The molecule has 3 aromatic rings. The minimum absolute atomic E-state index is 0.0353. The molecule has 7 rings (SSSR count). The Labute approximate surface area is 346 Å². The second kappa shape index (κ2) is 16.3. The van der Waals surface area contributed by atoms with E-state index in [1.54, 1.807) is 0 Å². The lowest BCUT2D eigenvalue weighted by Crippen LogP contribution is -2.58. The van der Waals surface area contributed by atoms with Crippen LogP contribution >= 0.6 is 11.3 Å². The van der Waals surface area contributed by atoms with Crippen molar-refractivity contribution < 1.29 is 20.1 Å². The number of dihydropyridines is 1. The summed E-state index contributed by atoms with van der Waals surface area (Å²) in [5.41, 5.74) is 11.3. The minimum Gasteiger partial charge on any atom is -0.480 e. The molecule has 2 aromatic heterocycles. The molecule has 0 atom stereocenters. The van der Waals surface area contributed by atoms with Gasteiger partial charge < -0.3 is 41.3 Å². The first-order chi connectivity index (χ1) is 27.5. The maximum atomic E-state index is 10.7. The fourth-order valence-electron chi connectivity index (χ4n) is 10.8. The molecule has 0 unspecified atom stereocenters. The Kier molecular flexibility index (Phi) is 11.7. The van der Waals surface area contributed by atoms with Crippen molar-refractivity contribution in [2.75, 3.05) is 32.8 Å². The van der Waals surface area contributed by atoms with E-state index < -0.39 is 5.95 Å². The highest BCUT2D eigenvalue weighted by atomic mass is 32.1. The molecule has 13 nitrogen and oxygen atoms in total. The number of aliphatic hydroxyl groups excluding tert-OH is 2. The number of amidine groups is 2. The highest BCUT2D eigenvalue weighted by Gasteiger charge is 2.58. The summed E-state index contributed by atoms with van der Waals surface area (Å²) in [6.45, 7) is 17.1. The first-order valence-corrected chi connectivity index (χ1v) is 21.4. The summed E-state index contributed by atoms with van der Waals surface area (Å²) in [5.74, 6) is 0.337. The standard InChI is InChI=1S/C44H61N9O4S/c1-28(37(45)51-40-49-33-12-7-8-13-34(33)58-40)30-11-9-18-52(38(30)46)35-15-14-31(36(50-35)39(55)56)32-21-48-53(29(32)2)27-43-22-41(3,4)24-44(26-43,25-42(5,6)23-43)57-20-17-47-16-10-19-54/h7-8,12-15,21,46-47,50,54-56H,9-11,16-20,22-27H2,1-6H3,(H2,45,49,51)/b30-28-,46-38?. The van der Waals surface area contributed by atoms with Gasteiger partial charge in [0.15, 0.2) is 0 Å². The Morgan fingerprint density at radius 2 is 1.81 bits per heavy atom. The van der Waals surface area contributed by atoms with Crippen LogP contribution in [0.5, 0.6) is 0 Å². The topological polar surface area (TPSA) is 190 Å². The van der Waals surface area contributed by atoms with Gasteiger partial charge in [0.25, 0.3) is 5.95 Å². The van der Waals surface area contributed by atoms with Crippen LogP contribution in [0.2, 0.25) is 0 Å². The fraction of sp³-hybridized carbons (Fsp3) is 0.545. The Morgan fingerprint density at radius 1 is 1.07 bits per heavy atom. The van der Waals surface area contributed by atoms with Crippen LogP contribution < -0.4 is 16.4 Å². The third-order valence-corrected chi connectivity index (χ3v) is 13.2. The van der Waals surface area contributed by atoms with Gasteiger partial charge in [0, 0.05) is 48.6 Å². The maximum Gasteiger partial charge on any atom is 0.299 e. The predicted octanol–water partition coefficient (Wildman–Crippen LogP) is 7.74. The van der Waals surface area contributed by atoms with Crippen molar-refractivity contribution >= 4 is 43.9 Å². The minimum atomic E-state index is -0.832. The largest absolute Gasteiger partial charge is 0.480 e. The Hall–Kier alpha value is -4.50. The first kappa shape index (κ1) is 41.7. The van der Waals surface area contributed by atoms with Crippen LogP contribution in [0.3, 0.4) is 0 Å². The number of nitrogens with zero attached hydrogens (tertiary/aromatic N) is 5. The Morgan fingerprint density at radius 3 is 2.52 bits per heavy atom. The lowest BCUT2D eigenvalue weighted by atomic mass is 9.48. The molecule has 1 aromatic carbocycles. The van der Waals surface area contributed by atoms with Gasteiger partial charge in [-0.05, 0) is 118 Å². The number of nitrogens with one attached hydrogen (secondary N) is 3. The average molecular weight is 812 g/mol. The number of aliphatic imine (C=N–C) groups is 1. The second-order valence-electron chi connectivity index (χ2n) is 18.5. The molecule has 2 aliphatic carbocycles. The molecule has 2 bridgehead atoms. The number of thiazole rings is 1. The molecule has 1 saturated heterocycles. The molecule has 2 aliphatic heterocycles. The SMILES string of the molecule is CC(=C1\CCCN(C2=CC=C(c3cnn(CC45CC(C)(C)CC(OCCNCCCO)(CC(C)(C)C4)C5)c3C)C(=C(O)O)N2)C1=N)/C(N)=N\c1nc2ccccc2s1. The molecular formula is C44H61N9O4S. The van der Waals surface area contributed by atoms with Gasteiger partial charge >= 0.3 is 0 Å². The maximum absolute atomic E-state index is 10.7. The van der Waals surface area contributed by atoms with Crippen molar-refractivity contribution in [1.82, 2.24) is 30.3 Å². The lowest BCUT2D eigenvalue weighted by Gasteiger charge is -2.61. The molecule has 14 heteroatoms. The van der Waals surface area contributed by atoms with Gasteiger partial charge in [0.2, 0.25) is 5.13 Å². The molecular weight excluding hydrogens is 751 g/mol. The fourth-order valence-corrected chi connectivity index (χ4v) is 11.7. The number of ether oxygens (including phenoxy) is 1. The number of hydrogen-bond acceptors (Lipinski definition) is 11. The van der Waals surface area contributed by atoms with Gasteiger partial charge in [0.1, 0.15) is 23.2 Å². The normalized spacial score (nSPS) is 25.4. The van der Waals surface area contributed by atoms with Crippen LogP contribution in [0, 0.1) is 28.6 Å². The molecule has 0 amide bonds. The lowest BCUT2D eigenvalue weighted by molar-refractivity contribution is -0.195. The van der Waals surface area contributed by atoms with Crippen molar-refractivity contribution in [2.45, 2.75) is 105 Å². The predicted molar refractivity (Wildman–Crippen MR) is 232 cm³/mol. The summed E-state index contributed by atoms with van der Waals surface area (Å²) in [6.07, 6.45) is 12.9. The van der Waals surface area contributed by atoms with E-state index in [-0.39, 0.29) is 40.0 Å². The summed E-state index contributed by atoms with van der Waals surface area (Å²) >= 11 is 1.47. The number of para-hydroxylation sites is 1. The number of aromatic nitrogens is 3. The van der Waals surface area contributed by atoms with Crippen molar-refractivity contribution in [3.63, 3.8) is 0 Å². The van der Waals surface area contributed by atoms with Gasteiger partial charge in [-0.3, -0.25) is 10.1 Å². The zero-order valence-electron chi connectivity index (χ0n) is 34.9.